The Morgan fingerprint density at radius 3 is 2.78 bits per heavy atom. The molecule has 0 saturated carbocycles. The Morgan fingerprint density at radius 1 is 1.30 bits per heavy atom. The molecule has 0 spiro atoms. The fourth-order valence-electron chi connectivity index (χ4n) is 3.64. The smallest absolute Gasteiger partial charge is 0.272 e. The van der Waals surface area contributed by atoms with Gasteiger partial charge in [-0.1, -0.05) is 0 Å². The number of aryl methyl sites for hydroxylation is 1. The molecular formula is C17H25N3O3. The van der Waals surface area contributed by atoms with E-state index in [1.165, 1.54) is 12.8 Å². The number of hydrogen-bond donors (Lipinski definition) is 0. The molecule has 6 heteroatoms. The van der Waals surface area contributed by atoms with Crippen LogP contribution in [0.3, 0.4) is 0 Å². The highest BCUT2D eigenvalue weighted by atomic mass is 16.6. The highest BCUT2D eigenvalue weighted by Crippen LogP contribution is 2.28. The van der Waals surface area contributed by atoms with Crippen molar-refractivity contribution >= 4 is 11.4 Å². The van der Waals surface area contributed by atoms with Gasteiger partial charge in [-0.05, 0) is 37.8 Å². The summed E-state index contributed by atoms with van der Waals surface area (Å²) in [7, 11) is 0. The van der Waals surface area contributed by atoms with Gasteiger partial charge in [-0.3, -0.25) is 15.0 Å². The first-order valence-corrected chi connectivity index (χ1v) is 8.43. The van der Waals surface area contributed by atoms with Gasteiger partial charge in [-0.15, -0.1) is 0 Å². The van der Waals surface area contributed by atoms with Gasteiger partial charge in [0.25, 0.3) is 5.69 Å². The van der Waals surface area contributed by atoms with Crippen LogP contribution in [0.2, 0.25) is 0 Å². The van der Waals surface area contributed by atoms with Crippen LogP contribution >= 0.6 is 0 Å². The largest absolute Gasteiger partial charge is 0.379 e. The lowest BCUT2D eigenvalue weighted by Gasteiger charge is -2.38. The molecule has 2 heterocycles. The Hall–Kier alpha value is -1.66. The van der Waals surface area contributed by atoms with Crippen molar-refractivity contribution in [3.8, 4) is 0 Å². The fourth-order valence-corrected chi connectivity index (χ4v) is 3.64. The van der Waals surface area contributed by atoms with E-state index in [9.17, 15) is 10.1 Å². The minimum absolute atomic E-state index is 0.204. The molecule has 1 unspecified atom stereocenters. The minimum Gasteiger partial charge on any atom is -0.379 e. The van der Waals surface area contributed by atoms with Crippen molar-refractivity contribution in [1.82, 2.24) is 4.90 Å². The predicted molar refractivity (Wildman–Crippen MR) is 90.0 cm³/mol. The highest BCUT2D eigenvalue weighted by molar-refractivity contribution is 5.55. The molecule has 0 radical (unpaired) electrons. The second-order valence-corrected chi connectivity index (χ2v) is 6.60. The summed E-state index contributed by atoms with van der Waals surface area (Å²) in [6, 6.07) is 5.48. The quantitative estimate of drug-likeness (QED) is 0.630. The first-order valence-electron chi connectivity index (χ1n) is 8.43. The third-order valence-electron chi connectivity index (χ3n) is 4.88. The van der Waals surface area contributed by atoms with Gasteiger partial charge in [0.05, 0.1) is 18.1 Å². The van der Waals surface area contributed by atoms with Crippen LogP contribution in [0.5, 0.6) is 0 Å². The van der Waals surface area contributed by atoms with Crippen molar-refractivity contribution < 1.29 is 9.66 Å². The number of nitro groups is 1. The monoisotopic (exact) mass is 319 g/mol. The Kier molecular flexibility index (Phi) is 5.13. The number of piperidine rings is 1. The number of rotatable bonds is 4. The van der Waals surface area contributed by atoms with Crippen molar-refractivity contribution in [3.63, 3.8) is 0 Å². The van der Waals surface area contributed by atoms with Crippen LogP contribution in [-0.2, 0) is 4.74 Å². The molecule has 0 amide bonds. The summed E-state index contributed by atoms with van der Waals surface area (Å²) in [5, 5.41) is 11.0. The van der Waals surface area contributed by atoms with Gasteiger partial charge in [-0.2, -0.15) is 0 Å². The van der Waals surface area contributed by atoms with E-state index in [0.29, 0.717) is 5.92 Å². The van der Waals surface area contributed by atoms with Crippen LogP contribution in [0.4, 0.5) is 11.4 Å². The fraction of sp³-hybridized carbons (Fsp3) is 0.647. The van der Waals surface area contributed by atoms with Crippen molar-refractivity contribution in [2.45, 2.75) is 19.8 Å². The summed E-state index contributed by atoms with van der Waals surface area (Å²) in [4.78, 5) is 15.5. The molecule has 3 rings (SSSR count). The molecule has 23 heavy (non-hydrogen) atoms. The van der Waals surface area contributed by atoms with E-state index >= 15 is 0 Å². The molecule has 0 aliphatic carbocycles. The van der Waals surface area contributed by atoms with Crippen molar-refractivity contribution in [3.05, 3.63) is 33.9 Å². The standard InChI is InChI=1S/C17H25N3O3/c1-14-11-16(4-5-17(14)20(21)22)19-6-2-3-15(13-19)12-18-7-9-23-10-8-18/h4-5,11,15H,2-3,6-10,12-13H2,1H3. The summed E-state index contributed by atoms with van der Waals surface area (Å²) in [6.07, 6.45) is 2.45. The zero-order valence-electron chi connectivity index (χ0n) is 13.7. The molecule has 0 bridgehead atoms. The normalized spacial score (nSPS) is 23.0. The highest BCUT2D eigenvalue weighted by Gasteiger charge is 2.24. The van der Waals surface area contributed by atoms with E-state index in [-0.39, 0.29) is 10.6 Å². The summed E-state index contributed by atoms with van der Waals surface area (Å²) in [5.41, 5.74) is 2.05. The maximum Gasteiger partial charge on any atom is 0.272 e. The first kappa shape index (κ1) is 16.2. The number of hydrogen-bond acceptors (Lipinski definition) is 5. The molecule has 1 aromatic rings. The number of morpholine rings is 1. The lowest BCUT2D eigenvalue weighted by molar-refractivity contribution is -0.385. The molecule has 2 fully saturated rings. The van der Waals surface area contributed by atoms with Crippen molar-refractivity contribution in [2.75, 3.05) is 50.8 Å². The van der Waals surface area contributed by atoms with E-state index in [1.54, 1.807) is 6.07 Å². The van der Waals surface area contributed by atoms with Gasteiger partial charge >= 0.3 is 0 Å². The zero-order valence-corrected chi connectivity index (χ0v) is 13.7. The maximum atomic E-state index is 11.0. The van der Waals surface area contributed by atoms with E-state index < -0.39 is 0 Å². The van der Waals surface area contributed by atoms with Gasteiger partial charge in [0.15, 0.2) is 0 Å². The molecule has 2 aliphatic rings. The molecule has 6 nitrogen and oxygen atoms in total. The van der Waals surface area contributed by atoms with Gasteiger partial charge < -0.3 is 9.64 Å². The summed E-state index contributed by atoms with van der Waals surface area (Å²) in [5.74, 6) is 0.664. The van der Waals surface area contributed by atoms with Gasteiger partial charge in [-0.25, -0.2) is 0 Å². The molecular weight excluding hydrogens is 294 g/mol. The minimum atomic E-state index is -0.309. The topological polar surface area (TPSA) is 58.8 Å². The van der Waals surface area contributed by atoms with Crippen LogP contribution in [0, 0.1) is 23.0 Å². The van der Waals surface area contributed by atoms with E-state index in [2.05, 4.69) is 9.80 Å². The molecule has 1 atom stereocenters. The second kappa shape index (κ2) is 7.27. The Morgan fingerprint density at radius 2 is 2.09 bits per heavy atom. The molecule has 0 aromatic heterocycles. The number of nitrogens with zero attached hydrogens (tertiary/aromatic N) is 3. The van der Waals surface area contributed by atoms with Crippen LogP contribution in [0.15, 0.2) is 18.2 Å². The van der Waals surface area contributed by atoms with Crippen LogP contribution in [-0.4, -0.2) is 55.8 Å². The van der Waals surface area contributed by atoms with Gasteiger partial charge in [0.1, 0.15) is 0 Å². The third-order valence-corrected chi connectivity index (χ3v) is 4.88. The first-order chi connectivity index (χ1) is 11.1. The van der Waals surface area contributed by atoms with Crippen LogP contribution < -0.4 is 4.90 Å². The molecule has 0 N–H and O–H groups in total. The van der Waals surface area contributed by atoms with E-state index in [1.807, 2.05) is 19.1 Å². The average Bonchev–Trinajstić information content (AvgIpc) is 2.55. The summed E-state index contributed by atoms with van der Waals surface area (Å²) < 4.78 is 5.42. The maximum absolute atomic E-state index is 11.0. The summed E-state index contributed by atoms with van der Waals surface area (Å²) >= 11 is 0. The molecule has 2 saturated heterocycles. The van der Waals surface area contributed by atoms with Crippen molar-refractivity contribution in [1.29, 1.82) is 0 Å². The average molecular weight is 319 g/mol. The number of ether oxygens (including phenoxy) is 1. The lowest BCUT2D eigenvalue weighted by atomic mass is 9.96. The number of nitro benzene ring substituents is 1. The third kappa shape index (κ3) is 4.00. The predicted octanol–water partition coefficient (Wildman–Crippen LogP) is 2.45. The second-order valence-electron chi connectivity index (χ2n) is 6.60. The molecule has 2 aliphatic heterocycles. The Balaban J connectivity index is 1.63. The van der Waals surface area contributed by atoms with E-state index in [4.69, 9.17) is 4.74 Å². The van der Waals surface area contributed by atoms with Crippen molar-refractivity contribution in [2.24, 2.45) is 5.92 Å². The Labute approximate surface area is 137 Å². The van der Waals surface area contributed by atoms with Gasteiger partial charge in [0.2, 0.25) is 0 Å². The van der Waals surface area contributed by atoms with Crippen LogP contribution in [0.25, 0.3) is 0 Å². The van der Waals surface area contributed by atoms with Gasteiger partial charge in [0, 0.05) is 50.0 Å². The van der Waals surface area contributed by atoms with E-state index in [0.717, 1.165) is 57.2 Å². The summed E-state index contributed by atoms with van der Waals surface area (Å²) in [6.45, 7) is 8.78. The lowest BCUT2D eigenvalue weighted by Crippen LogP contribution is -2.44. The SMILES string of the molecule is Cc1cc(N2CCCC(CN3CCOCC3)C2)ccc1[N+](=O)[O-]. The number of benzene rings is 1. The zero-order chi connectivity index (χ0) is 16.2. The number of anilines is 1. The molecule has 126 valence electrons. The molecule has 1 aromatic carbocycles. The van der Waals surface area contributed by atoms with Crippen LogP contribution in [0.1, 0.15) is 18.4 Å². The Bertz CT molecular complexity index is 558.